The SMILES string of the molecule is Cn1cncc1[C@@](CCCO)(NS(=O)C(C)(C)C)c1ccc(C#N)c(F)c1. The van der Waals surface area contributed by atoms with Crippen LogP contribution in [-0.2, 0) is 23.6 Å². The van der Waals surface area contributed by atoms with Crippen LogP contribution in [0.5, 0.6) is 0 Å². The van der Waals surface area contributed by atoms with Gasteiger partial charge in [-0.3, -0.25) is 0 Å². The van der Waals surface area contributed by atoms with Crippen molar-refractivity contribution < 1.29 is 13.7 Å². The van der Waals surface area contributed by atoms with E-state index in [0.717, 1.165) is 0 Å². The van der Waals surface area contributed by atoms with Crippen molar-refractivity contribution in [3.05, 3.63) is 53.4 Å². The Kier molecular flexibility index (Phi) is 6.52. The topological polar surface area (TPSA) is 90.9 Å². The second-order valence-corrected chi connectivity index (χ2v) is 9.38. The first kappa shape index (κ1) is 21.2. The van der Waals surface area contributed by atoms with Gasteiger partial charge in [0, 0.05) is 13.7 Å². The summed E-state index contributed by atoms with van der Waals surface area (Å²) in [5.74, 6) is -0.645. The predicted molar refractivity (Wildman–Crippen MR) is 102 cm³/mol. The minimum Gasteiger partial charge on any atom is -0.396 e. The highest BCUT2D eigenvalue weighted by Crippen LogP contribution is 2.36. The van der Waals surface area contributed by atoms with E-state index in [9.17, 15) is 13.7 Å². The molecule has 1 heterocycles. The predicted octanol–water partition coefficient (Wildman–Crippen LogP) is 2.50. The molecule has 8 heteroatoms. The van der Waals surface area contributed by atoms with Crippen LogP contribution >= 0.6 is 0 Å². The standard InChI is InChI=1S/C19H25FN4O2S/c1-18(2,3)27(26)23-19(8-5-9-25,17-12-22-13-24(17)4)15-7-6-14(11-21)16(20)10-15/h6-7,10,12-13,23,25H,5,8-9H2,1-4H3/t19-,27?/m0/s1. The van der Waals surface area contributed by atoms with Crippen LogP contribution in [0.25, 0.3) is 0 Å². The third-order valence-corrected chi connectivity index (χ3v) is 6.02. The number of aromatic nitrogens is 2. The highest BCUT2D eigenvalue weighted by atomic mass is 32.2. The second kappa shape index (κ2) is 8.30. The number of nitriles is 1. The molecule has 146 valence electrons. The summed E-state index contributed by atoms with van der Waals surface area (Å²) in [6.45, 7) is 5.46. The zero-order valence-corrected chi connectivity index (χ0v) is 16.8. The van der Waals surface area contributed by atoms with E-state index >= 15 is 0 Å². The lowest BCUT2D eigenvalue weighted by Crippen LogP contribution is -2.50. The van der Waals surface area contributed by atoms with Gasteiger partial charge >= 0.3 is 0 Å². The molecule has 6 nitrogen and oxygen atoms in total. The molecule has 1 unspecified atom stereocenters. The second-order valence-electron chi connectivity index (χ2n) is 7.41. The van der Waals surface area contributed by atoms with Crippen LogP contribution in [0.2, 0.25) is 0 Å². The van der Waals surface area contributed by atoms with Crippen LogP contribution in [0.4, 0.5) is 4.39 Å². The highest BCUT2D eigenvalue weighted by molar-refractivity contribution is 7.84. The van der Waals surface area contributed by atoms with E-state index in [1.54, 1.807) is 30.2 Å². The summed E-state index contributed by atoms with van der Waals surface area (Å²) in [6.07, 6.45) is 4.03. The van der Waals surface area contributed by atoms with Gasteiger partial charge < -0.3 is 9.67 Å². The lowest BCUT2D eigenvalue weighted by molar-refractivity contribution is 0.263. The van der Waals surface area contributed by atoms with E-state index in [0.29, 0.717) is 24.1 Å². The molecule has 2 rings (SSSR count). The van der Waals surface area contributed by atoms with Gasteiger partial charge in [0.1, 0.15) is 11.9 Å². The number of rotatable bonds is 7. The molecule has 27 heavy (non-hydrogen) atoms. The Bertz CT molecular complexity index is 869. The molecule has 1 aromatic heterocycles. The number of hydrogen-bond donors (Lipinski definition) is 2. The number of nitrogens with zero attached hydrogens (tertiary/aromatic N) is 3. The average molecular weight is 393 g/mol. The fraction of sp³-hybridized carbons (Fsp3) is 0.474. The van der Waals surface area contributed by atoms with Crippen molar-refractivity contribution in [2.45, 2.75) is 43.9 Å². The summed E-state index contributed by atoms with van der Waals surface area (Å²) < 4.78 is 31.8. The van der Waals surface area contributed by atoms with Gasteiger partial charge in [0.05, 0.1) is 45.1 Å². The molecule has 2 N–H and O–H groups in total. The van der Waals surface area contributed by atoms with E-state index in [-0.39, 0.29) is 12.2 Å². The maximum absolute atomic E-state index is 14.4. The van der Waals surface area contributed by atoms with Crippen LogP contribution in [0.15, 0.2) is 30.7 Å². The molecule has 2 atom stereocenters. The molecule has 0 bridgehead atoms. The van der Waals surface area contributed by atoms with Crippen molar-refractivity contribution in [1.82, 2.24) is 14.3 Å². The monoisotopic (exact) mass is 392 g/mol. The maximum Gasteiger partial charge on any atom is 0.141 e. The largest absolute Gasteiger partial charge is 0.396 e. The average Bonchev–Trinajstić information content (AvgIpc) is 3.04. The Morgan fingerprint density at radius 1 is 1.41 bits per heavy atom. The smallest absolute Gasteiger partial charge is 0.141 e. The fourth-order valence-corrected chi connectivity index (χ4v) is 3.82. The third-order valence-electron chi connectivity index (χ3n) is 4.37. The van der Waals surface area contributed by atoms with Gasteiger partial charge in [-0.15, -0.1) is 0 Å². The number of hydrogen-bond acceptors (Lipinski definition) is 4. The Hall–Kier alpha value is -2.08. The molecule has 0 fully saturated rings. The summed E-state index contributed by atoms with van der Waals surface area (Å²) >= 11 is 0. The number of imidazole rings is 1. The highest BCUT2D eigenvalue weighted by Gasteiger charge is 2.40. The van der Waals surface area contributed by atoms with Crippen LogP contribution in [0.3, 0.4) is 0 Å². The molecule has 0 spiro atoms. The van der Waals surface area contributed by atoms with Crippen LogP contribution in [-0.4, -0.2) is 30.2 Å². The molecule has 0 radical (unpaired) electrons. The molecular weight excluding hydrogens is 367 g/mol. The Labute approximate surface area is 161 Å². The lowest BCUT2D eigenvalue weighted by atomic mass is 9.83. The van der Waals surface area contributed by atoms with Gasteiger partial charge in [-0.25, -0.2) is 18.3 Å². The van der Waals surface area contributed by atoms with Crippen LogP contribution in [0.1, 0.15) is 50.4 Å². The number of halogens is 1. The van der Waals surface area contributed by atoms with E-state index in [4.69, 9.17) is 5.26 Å². The first-order chi connectivity index (χ1) is 12.7. The van der Waals surface area contributed by atoms with Gasteiger partial charge in [-0.1, -0.05) is 6.07 Å². The summed E-state index contributed by atoms with van der Waals surface area (Å²) in [4.78, 5) is 4.16. The van der Waals surface area contributed by atoms with Crippen molar-refractivity contribution in [2.24, 2.45) is 7.05 Å². The number of aryl methyl sites for hydroxylation is 1. The lowest BCUT2D eigenvalue weighted by Gasteiger charge is -2.37. The van der Waals surface area contributed by atoms with E-state index in [2.05, 4.69) is 9.71 Å². The fourth-order valence-electron chi connectivity index (χ4n) is 2.88. The quantitative estimate of drug-likeness (QED) is 0.757. The van der Waals surface area contributed by atoms with Crippen molar-refractivity contribution in [3.8, 4) is 6.07 Å². The molecule has 0 aliphatic carbocycles. The van der Waals surface area contributed by atoms with E-state index in [1.165, 1.54) is 12.1 Å². The minimum absolute atomic E-state index is 0.0586. The van der Waals surface area contributed by atoms with Crippen molar-refractivity contribution in [1.29, 1.82) is 5.26 Å². The number of aliphatic hydroxyl groups is 1. The summed E-state index contributed by atoms with van der Waals surface area (Å²) in [6, 6.07) is 6.17. The van der Waals surface area contributed by atoms with Crippen molar-refractivity contribution in [3.63, 3.8) is 0 Å². The molecule has 0 saturated heterocycles. The van der Waals surface area contributed by atoms with Crippen molar-refractivity contribution >= 4 is 11.0 Å². The van der Waals surface area contributed by atoms with Gasteiger partial charge in [0.25, 0.3) is 0 Å². The maximum atomic E-state index is 14.4. The molecule has 0 aliphatic rings. The van der Waals surface area contributed by atoms with Gasteiger partial charge in [0.15, 0.2) is 0 Å². The molecular formula is C19H25FN4O2S. The third kappa shape index (κ3) is 4.43. The molecule has 0 amide bonds. The van der Waals surface area contributed by atoms with Crippen LogP contribution in [0, 0.1) is 17.1 Å². The summed E-state index contributed by atoms with van der Waals surface area (Å²) in [5, 5.41) is 18.5. The van der Waals surface area contributed by atoms with Crippen LogP contribution < -0.4 is 4.72 Å². The van der Waals surface area contributed by atoms with Gasteiger partial charge in [-0.2, -0.15) is 5.26 Å². The Morgan fingerprint density at radius 3 is 2.59 bits per heavy atom. The normalized spacial score (nSPS) is 15.1. The van der Waals surface area contributed by atoms with Gasteiger partial charge in [-0.05, 0) is 51.3 Å². The van der Waals surface area contributed by atoms with Gasteiger partial charge in [0.2, 0.25) is 0 Å². The molecule has 1 aromatic carbocycles. The molecule has 2 aromatic rings. The molecule has 0 saturated carbocycles. The number of benzene rings is 1. The molecule has 0 aliphatic heterocycles. The zero-order valence-electron chi connectivity index (χ0n) is 16.0. The first-order valence-corrected chi connectivity index (χ1v) is 9.78. The summed E-state index contributed by atoms with van der Waals surface area (Å²) in [7, 11) is 0.326. The van der Waals surface area contributed by atoms with Crippen molar-refractivity contribution in [2.75, 3.05) is 6.61 Å². The Balaban J connectivity index is 2.71. The summed E-state index contributed by atoms with van der Waals surface area (Å²) in [5.41, 5.74) is 0.115. The minimum atomic E-state index is -1.48. The zero-order chi connectivity index (χ0) is 20.2. The number of nitrogens with one attached hydrogen (secondary N) is 1. The van der Waals surface area contributed by atoms with E-state index in [1.807, 2.05) is 26.8 Å². The first-order valence-electron chi connectivity index (χ1n) is 8.63. The van der Waals surface area contributed by atoms with E-state index < -0.39 is 27.1 Å². The Morgan fingerprint density at radius 2 is 2.11 bits per heavy atom. The number of aliphatic hydroxyl groups excluding tert-OH is 1.